The minimum atomic E-state index is -1.23. The molecule has 23 heavy (non-hydrogen) atoms. The second-order valence-electron chi connectivity index (χ2n) is 6.31. The normalized spacial score (nSPS) is 20.0. The SMILES string of the molecule is CC1(C)OB(C(F)=C(CN=[N+]=[N-])c2cccc(F)c2)OC1(C)C. The van der Waals surface area contributed by atoms with E-state index in [-0.39, 0.29) is 17.7 Å². The zero-order chi connectivity index (χ0) is 17.3. The van der Waals surface area contributed by atoms with E-state index in [0.29, 0.717) is 0 Å². The van der Waals surface area contributed by atoms with Crippen molar-refractivity contribution >= 4 is 12.7 Å². The summed E-state index contributed by atoms with van der Waals surface area (Å²) >= 11 is 0. The van der Waals surface area contributed by atoms with Crippen molar-refractivity contribution in [3.63, 3.8) is 0 Å². The maximum atomic E-state index is 14.9. The predicted molar refractivity (Wildman–Crippen MR) is 84.5 cm³/mol. The highest BCUT2D eigenvalue weighted by atomic mass is 19.1. The Balaban J connectivity index is 2.45. The third-order valence-corrected chi connectivity index (χ3v) is 4.21. The molecule has 0 unspecified atom stereocenters. The summed E-state index contributed by atoms with van der Waals surface area (Å²) in [4.78, 5) is 2.64. The van der Waals surface area contributed by atoms with Crippen molar-refractivity contribution in [1.82, 2.24) is 0 Å². The number of halogens is 2. The first kappa shape index (κ1) is 17.5. The molecule has 1 aliphatic rings. The molecule has 1 heterocycles. The van der Waals surface area contributed by atoms with Gasteiger partial charge >= 0.3 is 7.12 Å². The van der Waals surface area contributed by atoms with E-state index in [9.17, 15) is 8.78 Å². The maximum Gasteiger partial charge on any atom is 0.525 e. The lowest BCUT2D eigenvalue weighted by Crippen LogP contribution is -2.41. The summed E-state index contributed by atoms with van der Waals surface area (Å²) in [5.74, 6) is -0.511. The highest BCUT2D eigenvalue weighted by molar-refractivity contribution is 6.55. The standard InChI is InChI=1S/C15H18BF2N3O2/c1-14(2)15(3,4)23-16(22-14)13(18)12(9-20-21-19)10-6-5-7-11(17)8-10/h5-8H,9H2,1-4H3. The fraction of sp³-hybridized carbons (Fsp3) is 0.467. The van der Waals surface area contributed by atoms with Gasteiger partial charge in [0.15, 0.2) is 0 Å². The number of hydrogen-bond acceptors (Lipinski definition) is 3. The van der Waals surface area contributed by atoms with Gasteiger partial charge in [0.2, 0.25) is 0 Å². The van der Waals surface area contributed by atoms with Crippen molar-refractivity contribution in [3.05, 3.63) is 51.8 Å². The molecule has 2 rings (SSSR count). The van der Waals surface area contributed by atoms with Gasteiger partial charge in [-0.05, 0) is 56.5 Å². The Morgan fingerprint density at radius 2 is 1.87 bits per heavy atom. The number of rotatable bonds is 4. The molecule has 1 saturated heterocycles. The van der Waals surface area contributed by atoms with Crippen LogP contribution < -0.4 is 0 Å². The molecule has 122 valence electrons. The van der Waals surface area contributed by atoms with Gasteiger partial charge in [-0.15, -0.1) is 0 Å². The lowest BCUT2D eigenvalue weighted by Gasteiger charge is -2.32. The van der Waals surface area contributed by atoms with Gasteiger partial charge in [0.05, 0.1) is 17.7 Å². The van der Waals surface area contributed by atoms with E-state index in [0.717, 1.165) is 0 Å². The Labute approximate surface area is 134 Å². The van der Waals surface area contributed by atoms with E-state index in [1.54, 1.807) is 27.7 Å². The van der Waals surface area contributed by atoms with Crippen molar-refractivity contribution < 1.29 is 18.1 Å². The van der Waals surface area contributed by atoms with E-state index in [1.165, 1.54) is 24.3 Å². The van der Waals surface area contributed by atoms with Crippen molar-refractivity contribution in [2.24, 2.45) is 5.11 Å². The van der Waals surface area contributed by atoms with Crippen LogP contribution in [-0.2, 0) is 9.31 Å². The van der Waals surface area contributed by atoms with Crippen LogP contribution in [0.3, 0.4) is 0 Å². The van der Waals surface area contributed by atoms with Crippen LogP contribution in [0.5, 0.6) is 0 Å². The average Bonchev–Trinajstić information content (AvgIpc) is 2.68. The first-order valence-corrected chi connectivity index (χ1v) is 7.19. The van der Waals surface area contributed by atoms with Crippen LogP contribution in [-0.4, -0.2) is 24.9 Å². The Morgan fingerprint density at radius 3 is 2.39 bits per heavy atom. The van der Waals surface area contributed by atoms with Crippen LogP contribution in [0.1, 0.15) is 33.3 Å². The van der Waals surface area contributed by atoms with Gasteiger partial charge in [-0.2, -0.15) is 0 Å². The number of azide groups is 1. The monoisotopic (exact) mass is 321 g/mol. The Kier molecular flexibility index (Phi) is 4.80. The van der Waals surface area contributed by atoms with Gasteiger partial charge in [0, 0.05) is 4.91 Å². The summed E-state index contributed by atoms with van der Waals surface area (Å²) in [7, 11) is -1.23. The fourth-order valence-corrected chi connectivity index (χ4v) is 2.17. The van der Waals surface area contributed by atoms with Crippen molar-refractivity contribution in [1.29, 1.82) is 0 Å². The van der Waals surface area contributed by atoms with Crippen molar-refractivity contribution in [2.45, 2.75) is 38.9 Å². The fourth-order valence-electron chi connectivity index (χ4n) is 2.17. The molecule has 0 saturated carbocycles. The molecule has 0 bridgehead atoms. The minimum Gasteiger partial charge on any atom is -0.398 e. The van der Waals surface area contributed by atoms with Gasteiger partial charge in [-0.1, -0.05) is 17.2 Å². The van der Waals surface area contributed by atoms with Gasteiger partial charge < -0.3 is 9.31 Å². The van der Waals surface area contributed by atoms with Gasteiger partial charge in [-0.25, -0.2) is 8.78 Å². The Hall–Kier alpha value is -1.89. The maximum absolute atomic E-state index is 14.9. The lowest BCUT2D eigenvalue weighted by molar-refractivity contribution is 0.00578. The number of benzene rings is 1. The molecule has 8 heteroatoms. The molecular weight excluding hydrogens is 303 g/mol. The Morgan fingerprint density at radius 1 is 1.26 bits per heavy atom. The number of hydrogen-bond donors (Lipinski definition) is 0. The molecule has 1 aromatic rings. The molecule has 1 aliphatic heterocycles. The highest BCUT2D eigenvalue weighted by Gasteiger charge is 2.53. The molecule has 0 aliphatic carbocycles. The molecule has 0 aromatic heterocycles. The lowest BCUT2D eigenvalue weighted by atomic mass is 9.82. The Bertz CT molecular complexity index is 669. The summed E-state index contributed by atoms with van der Waals surface area (Å²) < 4.78 is 39.7. The van der Waals surface area contributed by atoms with Crippen molar-refractivity contribution in [2.75, 3.05) is 6.54 Å². The molecule has 5 nitrogen and oxygen atoms in total. The molecule has 0 radical (unpaired) electrons. The zero-order valence-electron chi connectivity index (χ0n) is 13.5. The molecule has 0 N–H and O–H groups in total. The van der Waals surface area contributed by atoms with Gasteiger partial charge in [0.1, 0.15) is 11.5 Å². The summed E-state index contributed by atoms with van der Waals surface area (Å²) in [6.07, 6.45) is 0. The second kappa shape index (κ2) is 6.32. The quantitative estimate of drug-likeness (QED) is 0.356. The molecule has 0 atom stereocenters. The average molecular weight is 321 g/mol. The topological polar surface area (TPSA) is 67.2 Å². The third kappa shape index (κ3) is 3.55. The van der Waals surface area contributed by atoms with Crippen LogP contribution in [0.15, 0.2) is 35.1 Å². The van der Waals surface area contributed by atoms with Gasteiger partial charge in [-0.3, -0.25) is 0 Å². The summed E-state index contributed by atoms with van der Waals surface area (Å²) in [5.41, 5.74) is 6.69. The van der Waals surface area contributed by atoms with E-state index in [2.05, 4.69) is 10.0 Å². The zero-order valence-corrected chi connectivity index (χ0v) is 13.5. The van der Waals surface area contributed by atoms with Crippen LogP contribution in [0.25, 0.3) is 16.0 Å². The molecule has 0 amide bonds. The van der Waals surface area contributed by atoms with E-state index in [1.807, 2.05) is 0 Å². The molecular formula is C15H18BF2N3O2. The number of nitrogens with zero attached hydrogens (tertiary/aromatic N) is 3. The largest absolute Gasteiger partial charge is 0.525 e. The summed E-state index contributed by atoms with van der Waals surface area (Å²) in [6.45, 7) is 6.94. The van der Waals surface area contributed by atoms with Crippen molar-refractivity contribution in [3.8, 4) is 0 Å². The summed E-state index contributed by atoms with van der Waals surface area (Å²) in [5, 5.41) is 3.39. The minimum absolute atomic E-state index is 0.0424. The van der Waals surface area contributed by atoms with Gasteiger partial charge in [0.25, 0.3) is 0 Å². The van der Waals surface area contributed by atoms with Crippen LogP contribution >= 0.6 is 0 Å². The van der Waals surface area contributed by atoms with Crippen LogP contribution in [0, 0.1) is 5.82 Å². The summed E-state index contributed by atoms with van der Waals surface area (Å²) in [6, 6.07) is 5.42. The smallest absolute Gasteiger partial charge is 0.398 e. The first-order valence-electron chi connectivity index (χ1n) is 7.19. The molecule has 1 aromatic carbocycles. The van der Waals surface area contributed by atoms with E-state index < -0.39 is 29.9 Å². The van der Waals surface area contributed by atoms with Crippen LogP contribution in [0.2, 0.25) is 0 Å². The molecule has 1 fully saturated rings. The second-order valence-corrected chi connectivity index (χ2v) is 6.31. The highest BCUT2D eigenvalue weighted by Crippen LogP contribution is 2.40. The first-order chi connectivity index (χ1) is 10.7. The third-order valence-electron chi connectivity index (χ3n) is 4.21. The van der Waals surface area contributed by atoms with Crippen LogP contribution in [0.4, 0.5) is 8.78 Å². The molecule has 0 spiro atoms. The van der Waals surface area contributed by atoms with E-state index >= 15 is 0 Å². The predicted octanol–water partition coefficient (Wildman–Crippen LogP) is 4.45. The van der Waals surface area contributed by atoms with E-state index in [4.69, 9.17) is 14.8 Å².